The summed E-state index contributed by atoms with van der Waals surface area (Å²) >= 11 is 0. The first-order chi connectivity index (χ1) is 12.1. The van der Waals surface area contributed by atoms with E-state index in [2.05, 4.69) is 76.1 Å². The highest BCUT2D eigenvalue weighted by atomic mass is 15.3. The number of nitrogens with zero attached hydrogens (tertiary/aromatic N) is 4. The van der Waals surface area contributed by atoms with Gasteiger partial charge in [-0.15, -0.1) is 0 Å². The number of hydrogen-bond donors (Lipinski definition) is 1. The summed E-state index contributed by atoms with van der Waals surface area (Å²) in [6.45, 7) is 12.1. The first kappa shape index (κ1) is 18.0. The summed E-state index contributed by atoms with van der Waals surface area (Å²) < 4.78 is 0. The maximum Gasteiger partial charge on any atom is 0.0626 e. The molecule has 1 N–H and O–H groups in total. The molecule has 3 rings (SSSR count). The minimum atomic E-state index is 1.08. The molecule has 5 heteroatoms. The van der Waals surface area contributed by atoms with Crippen LogP contribution < -0.4 is 4.90 Å². The van der Waals surface area contributed by atoms with E-state index in [0.717, 1.165) is 57.9 Å². The number of anilines is 1. The van der Waals surface area contributed by atoms with E-state index in [-0.39, 0.29) is 0 Å². The van der Waals surface area contributed by atoms with Crippen molar-refractivity contribution >= 4 is 5.69 Å². The number of H-pyrrole nitrogens is 1. The molecule has 0 unspecified atom stereocenters. The molecule has 1 aliphatic heterocycles. The van der Waals surface area contributed by atoms with Gasteiger partial charge in [-0.25, -0.2) is 0 Å². The van der Waals surface area contributed by atoms with Crippen molar-refractivity contribution in [3.8, 4) is 0 Å². The van der Waals surface area contributed by atoms with Crippen molar-refractivity contribution < 1.29 is 0 Å². The molecular weight excluding hydrogens is 310 g/mol. The molecule has 0 bridgehead atoms. The van der Waals surface area contributed by atoms with E-state index < -0.39 is 0 Å². The molecule has 1 aliphatic rings. The Balaban J connectivity index is 1.37. The second-order valence-corrected chi connectivity index (χ2v) is 7.13. The van der Waals surface area contributed by atoms with Gasteiger partial charge in [0.1, 0.15) is 0 Å². The fourth-order valence-corrected chi connectivity index (χ4v) is 3.54. The maximum absolute atomic E-state index is 4.29. The van der Waals surface area contributed by atoms with Gasteiger partial charge in [-0.3, -0.25) is 10.00 Å². The zero-order valence-electron chi connectivity index (χ0n) is 15.8. The number of piperazine rings is 1. The Morgan fingerprint density at radius 3 is 2.40 bits per heavy atom. The number of nitrogens with one attached hydrogen (secondary N) is 1. The lowest BCUT2D eigenvalue weighted by Gasteiger charge is -2.36. The lowest BCUT2D eigenvalue weighted by molar-refractivity contribution is 0.216. The summed E-state index contributed by atoms with van der Waals surface area (Å²) in [7, 11) is 2.23. The lowest BCUT2D eigenvalue weighted by Crippen LogP contribution is -2.48. The van der Waals surface area contributed by atoms with E-state index in [9.17, 15) is 0 Å². The number of benzene rings is 1. The Hall–Kier alpha value is -1.85. The Labute approximate surface area is 151 Å². The molecule has 1 fully saturated rings. The van der Waals surface area contributed by atoms with E-state index in [1.54, 1.807) is 0 Å². The zero-order valence-corrected chi connectivity index (χ0v) is 15.8. The van der Waals surface area contributed by atoms with Gasteiger partial charge in [0, 0.05) is 57.2 Å². The highest BCUT2D eigenvalue weighted by Gasteiger charge is 2.17. The van der Waals surface area contributed by atoms with Crippen molar-refractivity contribution in [1.82, 2.24) is 20.0 Å². The Bertz CT molecular complexity index is 624. The topological polar surface area (TPSA) is 38.4 Å². The number of aromatic amines is 1. The Morgan fingerprint density at radius 2 is 1.76 bits per heavy atom. The van der Waals surface area contributed by atoms with Crippen LogP contribution in [0.1, 0.15) is 17.0 Å². The standard InChI is InChI=1S/C20H31N5/c1-17-20(18(2)22-21-17)9-10-23(3)11-12-24-13-15-25(16-14-24)19-7-5-4-6-8-19/h4-8H,9-16H2,1-3H3,(H,21,22). The van der Waals surface area contributed by atoms with Gasteiger partial charge < -0.3 is 9.80 Å². The molecule has 0 radical (unpaired) electrons. The zero-order chi connectivity index (χ0) is 17.6. The van der Waals surface area contributed by atoms with Crippen LogP contribution in [-0.2, 0) is 6.42 Å². The summed E-state index contributed by atoms with van der Waals surface area (Å²) in [4.78, 5) is 7.52. The van der Waals surface area contributed by atoms with Crippen LogP contribution in [0.4, 0.5) is 5.69 Å². The van der Waals surface area contributed by atoms with Gasteiger partial charge in [0.05, 0.1) is 5.69 Å². The van der Waals surface area contributed by atoms with Gasteiger partial charge in [-0.1, -0.05) is 18.2 Å². The van der Waals surface area contributed by atoms with Gasteiger partial charge in [0.25, 0.3) is 0 Å². The summed E-state index contributed by atoms with van der Waals surface area (Å²) in [6, 6.07) is 10.8. The van der Waals surface area contributed by atoms with Gasteiger partial charge in [-0.2, -0.15) is 5.10 Å². The second-order valence-electron chi connectivity index (χ2n) is 7.13. The predicted octanol–water partition coefficient (Wildman–Crippen LogP) is 2.32. The van der Waals surface area contributed by atoms with Crippen molar-refractivity contribution in [3.05, 3.63) is 47.3 Å². The van der Waals surface area contributed by atoms with E-state index in [0.29, 0.717) is 0 Å². The number of hydrogen-bond acceptors (Lipinski definition) is 4. The van der Waals surface area contributed by atoms with Crippen LogP contribution in [0.3, 0.4) is 0 Å². The summed E-state index contributed by atoms with van der Waals surface area (Å²) in [6.07, 6.45) is 1.08. The molecule has 1 aromatic heterocycles. The van der Waals surface area contributed by atoms with Crippen LogP contribution in [0.15, 0.2) is 30.3 Å². The summed E-state index contributed by atoms with van der Waals surface area (Å²) in [5.74, 6) is 0. The highest BCUT2D eigenvalue weighted by molar-refractivity contribution is 5.46. The lowest BCUT2D eigenvalue weighted by atomic mass is 10.1. The van der Waals surface area contributed by atoms with Crippen molar-refractivity contribution in [1.29, 1.82) is 0 Å². The van der Waals surface area contributed by atoms with E-state index in [4.69, 9.17) is 0 Å². The molecule has 1 saturated heterocycles. The number of aromatic nitrogens is 2. The normalized spacial score (nSPS) is 15.9. The molecule has 0 spiro atoms. The van der Waals surface area contributed by atoms with Crippen LogP contribution in [0.2, 0.25) is 0 Å². The fourth-order valence-electron chi connectivity index (χ4n) is 3.54. The van der Waals surface area contributed by atoms with Crippen molar-refractivity contribution in [2.75, 3.05) is 57.8 Å². The van der Waals surface area contributed by atoms with Gasteiger partial charge in [-0.05, 0) is 45.0 Å². The fraction of sp³-hybridized carbons (Fsp3) is 0.550. The molecule has 2 aromatic rings. The number of aryl methyl sites for hydroxylation is 2. The van der Waals surface area contributed by atoms with Gasteiger partial charge >= 0.3 is 0 Å². The predicted molar refractivity (Wildman–Crippen MR) is 104 cm³/mol. The molecule has 0 atom stereocenters. The van der Waals surface area contributed by atoms with Crippen LogP contribution in [0, 0.1) is 13.8 Å². The van der Waals surface area contributed by atoms with E-state index >= 15 is 0 Å². The minimum Gasteiger partial charge on any atom is -0.369 e. The van der Waals surface area contributed by atoms with Gasteiger partial charge in [0.15, 0.2) is 0 Å². The second kappa shape index (κ2) is 8.50. The largest absolute Gasteiger partial charge is 0.369 e. The monoisotopic (exact) mass is 341 g/mol. The van der Waals surface area contributed by atoms with Gasteiger partial charge in [0.2, 0.25) is 0 Å². The molecular formula is C20H31N5. The number of rotatable bonds is 7. The molecule has 0 aliphatic carbocycles. The van der Waals surface area contributed by atoms with Crippen molar-refractivity contribution in [2.45, 2.75) is 20.3 Å². The summed E-state index contributed by atoms with van der Waals surface area (Å²) in [5.41, 5.74) is 5.08. The third kappa shape index (κ3) is 4.83. The van der Waals surface area contributed by atoms with E-state index in [1.807, 2.05) is 0 Å². The van der Waals surface area contributed by atoms with Crippen molar-refractivity contribution in [3.63, 3.8) is 0 Å². The average molecular weight is 342 g/mol. The van der Waals surface area contributed by atoms with Crippen LogP contribution in [-0.4, -0.2) is 72.9 Å². The average Bonchev–Trinajstić information content (AvgIpc) is 2.97. The van der Waals surface area contributed by atoms with Crippen molar-refractivity contribution in [2.24, 2.45) is 0 Å². The molecule has 25 heavy (non-hydrogen) atoms. The molecule has 5 nitrogen and oxygen atoms in total. The number of para-hydroxylation sites is 1. The SMILES string of the molecule is Cc1n[nH]c(C)c1CCN(C)CCN1CCN(c2ccccc2)CC1. The third-order valence-corrected chi connectivity index (χ3v) is 5.32. The minimum absolute atomic E-state index is 1.08. The van der Waals surface area contributed by atoms with Crippen LogP contribution in [0.25, 0.3) is 0 Å². The first-order valence-electron chi connectivity index (χ1n) is 9.35. The van der Waals surface area contributed by atoms with Crippen LogP contribution >= 0.6 is 0 Å². The summed E-state index contributed by atoms with van der Waals surface area (Å²) in [5, 5.41) is 7.37. The maximum atomic E-state index is 4.29. The Morgan fingerprint density at radius 1 is 1.04 bits per heavy atom. The number of likely N-dealkylation sites (N-methyl/N-ethyl adjacent to an activating group) is 1. The first-order valence-corrected chi connectivity index (χ1v) is 9.35. The molecule has 0 saturated carbocycles. The van der Waals surface area contributed by atoms with Crippen LogP contribution in [0.5, 0.6) is 0 Å². The smallest absolute Gasteiger partial charge is 0.0626 e. The molecule has 1 aromatic carbocycles. The Kier molecular flexibility index (Phi) is 6.10. The third-order valence-electron chi connectivity index (χ3n) is 5.32. The van der Waals surface area contributed by atoms with E-state index in [1.165, 1.54) is 16.9 Å². The molecule has 136 valence electrons. The quantitative estimate of drug-likeness (QED) is 0.839. The molecule has 0 amide bonds. The highest BCUT2D eigenvalue weighted by Crippen LogP contribution is 2.15. The molecule has 2 heterocycles.